The Morgan fingerprint density at radius 1 is 1.56 bits per heavy atom. The molecule has 0 fully saturated rings. The van der Waals surface area contributed by atoms with Crippen molar-refractivity contribution < 1.29 is 14.6 Å². The first-order valence-electron chi connectivity index (χ1n) is 4.46. The van der Waals surface area contributed by atoms with Gasteiger partial charge in [-0.3, -0.25) is 4.79 Å². The van der Waals surface area contributed by atoms with Gasteiger partial charge in [-0.05, 0) is 12.1 Å². The summed E-state index contributed by atoms with van der Waals surface area (Å²) in [5.74, 6) is 4.55. The van der Waals surface area contributed by atoms with Gasteiger partial charge in [-0.15, -0.1) is 0 Å². The summed E-state index contributed by atoms with van der Waals surface area (Å²) in [6, 6.07) is 6.98. The molecule has 0 aliphatic carbocycles. The van der Waals surface area contributed by atoms with Gasteiger partial charge in [-0.1, -0.05) is 17.9 Å². The highest BCUT2D eigenvalue weighted by molar-refractivity contribution is 5.70. The Bertz CT molecular complexity index is 503. The molecule has 0 aromatic heterocycles. The van der Waals surface area contributed by atoms with Crippen molar-refractivity contribution in [3.63, 3.8) is 0 Å². The second kappa shape index (κ2) is 5.43. The summed E-state index contributed by atoms with van der Waals surface area (Å²) in [5, 5.41) is 17.4. The average molecular weight is 215 g/mol. The van der Waals surface area contributed by atoms with E-state index in [1.54, 1.807) is 18.2 Å². The molecule has 4 nitrogen and oxygen atoms in total. The van der Waals surface area contributed by atoms with Crippen molar-refractivity contribution in [1.82, 2.24) is 0 Å². The van der Waals surface area contributed by atoms with Gasteiger partial charge in [-0.25, -0.2) is 0 Å². The first kappa shape index (κ1) is 11.6. The number of aliphatic carboxylic acids is 1. The zero-order valence-electron chi connectivity index (χ0n) is 8.65. The number of nitrogens with zero attached hydrogens (tertiary/aromatic N) is 1. The maximum absolute atomic E-state index is 10.3. The molecule has 0 bridgehead atoms. The molecule has 16 heavy (non-hydrogen) atoms. The molecule has 1 rings (SSSR count). The van der Waals surface area contributed by atoms with Crippen molar-refractivity contribution in [3.05, 3.63) is 29.3 Å². The molecule has 0 saturated heterocycles. The van der Waals surface area contributed by atoms with Crippen LogP contribution >= 0.6 is 0 Å². The Hall–Kier alpha value is -2.46. The molecule has 0 spiro atoms. The molecule has 0 amide bonds. The fraction of sp³-hybridized carbons (Fsp3) is 0.167. The van der Waals surface area contributed by atoms with Gasteiger partial charge in [0.05, 0.1) is 7.11 Å². The van der Waals surface area contributed by atoms with Gasteiger partial charge in [0.15, 0.2) is 0 Å². The Labute approximate surface area is 93.1 Å². The van der Waals surface area contributed by atoms with Crippen molar-refractivity contribution in [3.8, 4) is 23.7 Å². The van der Waals surface area contributed by atoms with Crippen molar-refractivity contribution in [2.24, 2.45) is 0 Å². The number of carboxylic acids is 1. The number of nitriles is 1. The number of hydrogen-bond donors (Lipinski definition) is 1. The maximum Gasteiger partial charge on any atom is 0.315 e. The maximum atomic E-state index is 10.3. The zero-order chi connectivity index (χ0) is 12.0. The number of methoxy groups -OCH3 is 1. The van der Waals surface area contributed by atoms with E-state index in [0.29, 0.717) is 16.9 Å². The fourth-order valence-corrected chi connectivity index (χ4v) is 1.14. The van der Waals surface area contributed by atoms with E-state index < -0.39 is 5.97 Å². The topological polar surface area (TPSA) is 70.3 Å². The number of benzene rings is 1. The van der Waals surface area contributed by atoms with E-state index in [1.165, 1.54) is 7.11 Å². The third-order valence-corrected chi connectivity index (χ3v) is 1.82. The lowest BCUT2D eigenvalue weighted by molar-refractivity contribution is -0.135. The summed E-state index contributed by atoms with van der Waals surface area (Å²) in [6.45, 7) is 0. The van der Waals surface area contributed by atoms with E-state index in [4.69, 9.17) is 15.1 Å². The van der Waals surface area contributed by atoms with Crippen LogP contribution < -0.4 is 4.74 Å². The molecular weight excluding hydrogens is 206 g/mol. The summed E-state index contributed by atoms with van der Waals surface area (Å²) in [5.41, 5.74) is 0.797. The Morgan fingerprint density at radius 3 is 2.88 bits per heavy atom. The molecule has 0 atom stereocenters. The van der Waals surface area contributed by atoms with Crippen LogP contribution in [0.2, 0.25) is 0 Å². The minimum absolute atomic E-state index is 0.248. The minimum atomic E-state index is -0.992. The van der Waals surface area contributed by atoms with Gasteiger partial charge in [0.1, 0.15) is 23.8 Å². The van der Waals surface area contributed by atoms with Gasteiger partial charge < -0.3 is 9.84 Å². The second-order valence-electron chi connectivity index (χ2n) is 2.87. The lowest BCUT2D eigenvalue weighted by Gasteiger charge is -2.02. The molecule has 80 valence electrons. The monoisotopic (exact) mass is 215 g/mol. The smallest absolute Gasteiger partial charge is 0.315 e. The number of carbonyl (C=O) groups is 1. The number of hydrogen-bond acceptors (Lipinski definition) is 3. The molecule has 0 radical (unpaired) electrons. The van der Waals surface area contributed by atoms with E-state index in [1.807, 2.05) is 6.07 Å². The predicted octanol–water partition coefficient (Wildman–Crippen LogP) is 1.39. The standard InChI is InChI=1S/C12H9NO3/c1-16-11-6-2-4-9(10(11)8-13)5-3-7-12(14)15/h2,4,6H,7H2,1H3,(H,14,15). The largest absolute Gasteiger partial charge is 0.495 e. The molecule has 0 heterocycles. The van der Waals surface area contributed by atoms with Crippen LogP contribution in [0.5, 0.6) is 5.75 Å². The highest BCUT2D eigenvalue weighted by Gasteiger charge is 2.05. The summed E-state index contributed by atoms with van der Waals surface area (Å²) >= 11 is 0. The van der Waals surface area contributed by atoms with Crippen LogP contribution in [0.4, 0.5) is 0 Å². The van der Waals surface area contributed by atoms with E-state index in [-0.39, 0.29) is 6.42 Å². The number of carboxylic acid groups (broad SMARTS) is 1. The average Bonchev–Trinajstić information content (AvgIpc) is 2.28. The molecule has 1 aromatic rings. The highest BCUT2D eigenvalue weighted by Crippen LogP contribution is 2.20. The molecule has 4 heteroatoms. The van der Waals surface area contributed by atoms with Crippen LogP contribution in [0.25, 0.3) is 0 Å². The van der Waals surface area contributed by atoms with Crippen LogP contribution in [0.1, 0.15) is 17.5 Å². The van der Waals surface area contributed by atoms with E-state index in [0.717, 1.165) is 0 Å². The van der Waals surface area contributed by atoms with Crippen LogP contribution in [0.15, 0.2) is 18.2 Å². The van der Waals surface area contributed by atoms with Crippen LogP contribution in [-0.2, 0) is 4.79 Å². The molecule has 0 saturated carbocycles. The van der Waals surface area contributed by atoms with Crippen LogP contribution in [-0.4, -0.2) is 18.2 Å². The minimum Gasteiger partial charge on any atom is -0.495 e. The molecule has 0 unspecified atom stereocenters. The first-order chi connectivity index (χ1) is 7.69. The summed E-state index contributed by atoms with van der Waals surface area (Å²) < 4.78 is 5.00. The van der Waals surface area contributed by atoms with Crippen LogP contribution in [0, 0.1) is 23.2 Å². The lowest BCUT2D eigenvalue weighted by Crippen LogP contribution is -1.92. The highest BCUT2D eigenvalue weighted by atomic mass is 16.5. The summed E-state index contributed by atoms with van der Waals surface area (Å²) in [4.78, 5) is 10.3. The SMILES string of the molecule is COc1cccc(C#CCC(=O)O)c1C#N. The normalized spacial score (nSPS) is 8.50. The van der Waals surface area contributed by atoms with Crippen LogP contribution in [0.3, 0.4) is 0 Å². The molecule has 1 aromatic carbocycles. The third-order valence-electron chi connectivity index (χ3n) is 1.82. The summed E-state index contributed by atoms with van der Waals surface area (Å²) in [7, 11) is 1.46. The number of rotatable bonds is 2. The molecule has 0 aliphatic heterocycles. The second-order valence-corrected chi connectivity index (χ2v) is 2.87. The van der Waals surface area contributed by atoms with E-state index >= 15 is 0 Å². The van der Waals surface area contributed by atoms with Gasteiger partial charge in [0.2, 0.25) is 0 Å². The van der Waals surface area contributed by atoms with Gasteiger partial charge in [-0.2, -0.15) is 5.26 Å². The Morgan fingerprint density at radius 2 is 2.31 bits per heavy atom. The fourth-order valence-electron chi connectivity index (χ4n) is 1.14. The van der Waals surface area contributed by atoms with Gasteiger partial charge >= 0.3 is 5.97 Å². The van der Waals surface area contributed by atoms with Crippen molar-refractivity contribution in [1.29, 1.82) is 5.26 Å². The van der Waals surface area contributed by atoms with Crippen molar-refractivity contribution in [2.75, 3.05) is 7.11 Å². The molecular formula is C12H9NO3. The predicted molar refractivity (Wildman–Crippen MR) is 56.8 cm³/mol. The number of ether oxygens (including phenoxy) is 1. The van der Waals surface area contributed by atoms with Gasteiger partial charge in [0.25, 0.3) is 0 Å². The molecule has 0 aliphatic rings. The quantitative estimate of drug-likeness (QED) is 0.757. The van der Waals surface area contributed by atoms with E-state index in [9.17, 15) is 4.79 Å². The zero-order valence-corrected chi connectivity index (χ0v) is 8.65. The Kier molecular flexibility index (Phi) is 3.94. The Balaban J connectivity index is 3.08. The van der Waals surface area contributed by atoms with Crippen molar-refractivity contribution in [2.45, 2.75) is 6.42 Å². The third kappa shape index (κ3) is 2.76. The first-order valence-corrected chi connectivity index (χ1v) is 4.46. The summed E-state index contributed by atoms with van der Waals surface area (Å²) in [6.07, 6.45) is -0.248. The van der Waals surface area contributed by atoms with Gasteiger partial charge in [0, 0.05) is 5.56 Å². The lowest BCUT2D eigenvalue weighted by atomic mass is 10.1. The van der Waals surface area contributed by atoms with E-state index in [2.05, 4.69) is 11.8 Å². The van der Waals surface area contributed by atoms with Crippen molar-refractivity contribution >= 4 is 5.97 Å². The molecule has 1 N–H and O–H groups in total.